The molecule has 2 heterocycles. The fourth-order valence-electron chi connectivity index (χ4n) is 2.92. The maximum atomic E-state index is 3.64. The highest BCUT2D eigenvalue weighted by atomic mass is 15.0. The lowest BCUT2D eigenvalue weighted by Crippen LogP contribution is -2.29. The molecule has 90 valence electrons. The second-order valence-corrected chi connectivity index (χ2v) is 4.96. The summed E-state index contributed by atoms with van der Waals surface area (Å²) in [6.45, 7) is 3.37. The molecule has 2 nitrogen and oxygen atoms in total. The van der Waals surface area contributed by atoms with Gasteiger partial charge in [-0.15, -0.1) is 0 Å². The first kappa shape index (κ1) is 10.8. The van der Waals surface area contributed by atoms with Crippen molar-refractivity contribution >= 4 is 10.9 Å². The van der Waals surface area contributed by atoms with Crippen LogP contribution in [0.5, 0.6) is 0 Å². The van der Waals surface area contributed by atoms with Gasteiger partial charge in [-0.1, -0.05) is 38.0 Å². The Morgan fingerprint density at radius 3 is 3.06 bits per heavy atom. The Labute approximate surface area is 102 Å². The van der Waals surface area contributed by atoms with Gasteiger partial charge in [0.1, 0.15) is 0 Å². The van der Waals surface area contributed by atoms with Crippen molar-refractivity contribution in [3.05, 3.63) is 35.5 Å². The molecule has 0 radical (unpaired) electrons. The van der Waals surface area contributed by atoms with Gasteiger partial charge in [-0.3, -0.25) is 0 Å². The second-order valence-electron chi connectivity index (χ2n) is 4.96. The molecule has 3 rings (SSSR count). The van der Waals surface area contributed by atoms with E-state index in [1.807, 2.05) is 0 Å². The van der Waals surface area contributed by atoms with E-state index in [1.54, 1.807) is 5.56 Å². The standard InChI is InChI=1S/C15H20N2/c1-2-3-7-14-15-12(9-10-16-14)11-6-4-5-8-13(11)17-15/h4-6,8,14,16-17H,2-3,7,9-10H2,1H3/t14-/m0/s1. The van der Waals surface area contributed by atoms with E-state index in [-0.39, 0.29) is 0 Å². The number of hydrogen-bond donors (Lipinski definition) is 2. The van der Waals surface area contributed by atoms with Crippen LogP contribution in [-0.2, 0) is 6.42 Å². The minimum Gasteiger partial charge on any atom is -0.357 e. The zero-order valence-corrected chi connectivity index (χ0v) is 10.4. The number of benzene rings is 1. The van der Waals surface area contributed by atoms with Crippen LogP contribution in [0.15, 0.2) is 24.3 Å². The number of aromatic amines is 1. The number of para-hydroxylation sites is 1. The van der Waals surface area contributed by atoms with E-state index in [1.165, 1.54) is 35.9 Å². The van der Waals surface area contributed by atoms with Crippen LogP contribution >= 0.6 is 0 Å². The van der Waals surface area contributed by atoms with Crippen LogP contribution in [0.25, 0.3) is 10.9 Å². The van der Waals surface area contributed by atoms with Gasteiger partial charge in [0.15, 0.2) is 0 Å². The number of fused-ring (bicyclic) bond motifs is 3. The highest BCUT2D eigenvalue weighted by Gasteiger charge is 2.22. The Morgan fingerprint density at radius 1 is 1.29 bits per heavy atom. The monoisotopic (exact) mass is 228 g/mol. The van der Waals surface area contributed by atoms with Crippen molar-refractivity contribution in [2.45, 2.75) is 38.6 Å². The predicted molar refractivity (Wildman–Crippen MR) is 72.3 cm³/mol. The van der Waals surface area contributed by atoms with Crippen LogP contribution in [0, 0.1) is 0 Å². The van der Waals surface area contributed by atoms with Crippen LogP contribution in [0.4, 0.5) is 0 Å². The number of unbranched alkanes of at least 4 members (excludes halogenated alkanes) is 1. The Morgan fingerprint density at radius 2 is 2.18 bits per heavy atom. The molecule has 1 aliphatic rings. The smallest absolute Gasteiger partial charge is 0.0476 e. The lowest BCUT2D eigenvalue weighted by atomic mass is 9.96. The average Bonchev–Trinajstić information content (AvgIpc) is 2.75. The number of rotatable bonds is 3. The first-order valence-corrected chi connectivity index (χ1v) is 6.73. The summed E-state index contributed by atoms with van der Waals surface area (Å²) in [5, 5.41) is 5.06. The van der Waals surface area contributed by atoms with Crippen molar-refractivity contribution < 1.29 is 0 Å². The molecule has 1 aromatic heterocycles. The molecule has 0 unspecified atom stereocenters. The van der Waals surface area contributed by atoms with Crippen LogP contribution in [0.2, 0.25) is 0 Å². The molecule has 0 saturated carbocycles. The summed E-state index contributed by atoms with van der Waals surface area (Å²) >= 11 is 0. The van der Waals surface area contributed by atoms with E-state index in [2.05, 4.69) is 41.5 Å². The highest BCUT2D eigenvalue weighted by Crippen LogP contribution is 2.31. The van der Waals surface area contributed by atoms with Gasteiger partial charge in [-0.05, 0) is 31.0 Å². The van der Waals surface area contributed by atoms with Crippen LogP contribution in [-0.4, -0.2) is 11.5 Å². The van der Waals surface area contributed by atoms with E-state index in [0.717, 1.165) is 13.0 Å². The molecule has 0 saturated heterocycles. The third kappa shape index (κ3) is 1.87. The van der Waals surface area contributed by atoms with E-state index in [0.29, 0.717) is 6.04 Å². The number of aromatic nitrogens is 1. The largest absolute Gasteiger partial charge is 0.357 e. The average molecular weight is 228 g/mol. The van der Waals surface area contributed by atoms with Crippen molar-refractivity contribution in [2.75, 3.05) is 6.54 Å². The third-order valence-electron chi connectivity index (χ3n) is 3.81. The lowest BCUT2D eigenvalue weighted by molar-refractivity contribution is 0.454. The molecule has 17 heavy (non-hydrogen) atoms. The van der Waals surface area contributed by atoms with Gasteiger partial charge < -0.3 is 10.3 Å². The number of hydrogen-bond acceptors (Lipinski definition) is 1. The summed E-state index contributed by atoms with van der Waals surface area (Å²) in [6.07, 6.45) is 4.97. The summed E-state index contributed by atoms with van der Waals surface area (Å²) in [7, 11) is 0. The molecule has 1 aromatic carbocycles. The summed E-state index contributed by atoms with van der Waals surface area (Å²) in [4.78, 5) is 3.61. The molecular weight excluding hydrogens is 208 g/mol. The van der Waals surface area contributed by atoms with E-state index < -0.39 is 0 Å². The molecule has 0 aliphatic carbocycles. The number of nitrogens with one attached hydrogen (secondary N) is 2. The van der Waals surface area contributed by atoms with E-state index >= 15 is 0 Å². The van der Waals surface area contributed by atoms with Gasteiger partial charge in [0.05, 0.1) is 0 Å². The van der Waals surface area contributed by atoms with Crippen molar-refractivity contribution in [2.24, 2.45) is 0 Å². The normalized spacial score (nSPS) is 19.5. The van der Waals surface area contributed by atoms with Crippen molar-refractivity contribution in [3.63, 3.8) is 0 Å². The fourth-order valence-corrected chi connectivity index (χ4v) is 2.92. The second kappa shape index (κ2) is 4.53. The van der Waals surface area contributed by atoms with Crippen LogP contribution in [0.1, 0.15) is 43.5 Å². The van der Waals surface area contributed by atoms with Crippen LogP contribution in [0.3, 0.4) is 0 Å². The molecule has 0 fully saturated rings. The molecule has 2 N–H and O–H groups in total. The van der Waals surface area contributed by atoms with Gasteiger partial charge in [0.25, 0.3) is 0 Å². The van der Waals surface area contributed by atoms with Gasteiger partial charge in [0, 0.05) is 22.6 Å². The third-order valence-corrected chi connectivity index (χ3v) is 3.81. The van der Waals surface area contributed by atoms with Gasteiger partial charge in [-0.2, -0.15) is 0 Å². The first-order valence-electron chi connectivity index (χ1n) is 6.73. The van der Waals surface area contributed by atoms with E-state index in [9.17, 15) is 0 Å². The molecule has 1 aliphatic heterocycles. The molecule has 0 bridgehead atoms. The Balaban J connectivity index is 2.02. The first-order chi connectivity index (χ1) is 8.40. The zero-order valence-electron chi connectivity index (χ0n) is 10.4. The number of H-pyrrole nitrogens is 1. The fraction of sp³-hybridized carbons (Fsp3) is 0.467. The predicted octanol–water partition coefficient (Wildman–Crippen LogP) is 3.54. The summed E-state index contributed by atoms with van der Waals surface area (Å²) < 4.78 is 0. The molecule has 2 aromatic rings. The molecule has 2 heteroatoms. The maximum Gasteiger partial charge on any atom is 0.0476 e. The minimum absolute atomic E-state index is 0.533. The van der Waals surface area contributed by atoms with Gasteiger partial charge in [0.2, 0.25) is 0 Å². The zero-order chi connectivity index (χ0) is 11.7. The van der Waals surface area contributed by atoms with Crippen LogP contribution < -0.4 is 5.32 Å². The van der Waals surface area contributed by atoms with Crippen molar-refractivity contribution in [3.8, 4) is 0 Å². The summed E-state index contributed by atoms with van der Waals surface area (Å²) in [5.74, 6) is 0. The Bertz CT molecular complexity index is 513. The Hall–Kier alpha value is -1.28. The van der Waals surface area contributed by atoms with Gasteiger partial charge in [-0.25, -0.2) is 0 Å². The van der Waals surface area contributed by atoms with E-state index in [4.69, 9.17) is 0 Å². The minimum atomic E-state index is 0.533. The molecular formula is C15H20N2. The van der Waals surface area contributed by atoms with Crippen molar-refractivity contribution in [1.82, 2.24) is 10.3 Å². The molecule has 1 atom stereocenters. The molecule has 0 amide bonds. The SMILES string of the molecule is CCCC[C@@H]1NCCc2c1[nH]c1ccccc21. The quantitative estimate of drug-likeness (QED) is 0.826. The topological polar surface area (TPSA) is 27.8 Å². The summed E-state index contributed by atoms with van der Waals surface area (Å²) in [5.41, 5.74) is 4.27. The maximum absolute atomic E-state index is 3.64. The van der Waals surface area contributed by atoms with Gasteiger partial charge >= 0.3 is 0 Å². The lowest BCUT2D eigenvalue weighted by Gasteiger charge is -2.24. The highest BCUT2D eigenvalue weighted by molar-refractivity contribution is 5.85. The van der Waals surface area contributed by atoms with Crippen molar-refractivity contribution in [1.29, 1.82) is 0 Å². The summed E-state index contributed by atoms with van der Waals surface area (Å²) in [6, 6.07) is 9.21. The Kier molecular flexibility index (Phi) is 2.89. The molecule has 0 spiro atoms.